The van der Waals surface area contributed by atoms with Crippen LogP contribution in [0.25, 0.3) is 0 Å². The molecule has 104 valence electrons. The number of aliphatic carboxylic acids is 1. The average Bonchev–Trinajstić information content (AvgIpc) is 2.19. The maximum absolute atomic E-state index is 12.4. The Hall–Kier alpha value is -1.33. The quantitative estimate of drug-likeness (QED) is 0.733. The van der Waals surface area contributed by atoms with Gasteiger partial charge in [0, 0.05) is 19.6 Å². The largest absolute Gasteiger partial charge is 0.480 e. The van der Waals surface area contributed by atoms with Gasteiger partial charge in [0.2, 0.25) is 0 Å². The second-order valence-corrected chi connectivity index (χ2v) is 4.16. The summed E-state index contributed by atoms with van der Waals surface area (Å²) in [5, 5.41) is 17.1. The summed E-state index contributed by atoms with van der Waals surface area (Å²) in [7, 11) is 3.45. The lowest BCUT2D eigenvalue weighted by atomic mass is 10.1. The van der Waals surface area contributed by atoms with Crippen molar-refractivity contribution >= 4 is 5.97 Å². The predicted octanol–water partition coefficient (Wildman–Crippen LogP) is 0.637. The van der Waals surface area contributed by atoms with Crippen LogP contribution in [0.3, 0.4) is 0 Å². The number of alkyl halides is 3. The Labute approximate surface area is 103 Å². The molecule has 0 radical (unpaired) electrons. The number of hydrogen-bond acceptors (Lipinski definition) is 4. The third kappa shape index (κ3) is 7.09. The molecule has 0 rings (SSSR count). The SMILES string of the molecule is CN(C)CCN(CC(=O)O)CC(C#N)C(F)(F)F. The molecule has 0 aromatic heterocycles. The summed E-state index contributed by atoms with van der Waals surface area (Å²) in [6.45, 7) is -0.556. The van der Waals surface area contributed by atoms with Gasteiger partial charge in [0.1, 0.15) is 0 Å². The van der Waals surface area contributed by atoms with Gasteiger partial charge in [-0.2, -0.15) is 18.4 Å². The van der Waals surface area contributed by atoms with E-state index in [-0.39, 0.29) is 6.54 Å². The van der Waals surface area contributed by atoms with Crippen molar-refractivity contribution in [2.45, 2.75) is 6.18 Å². The highest BCUT2D eigenvalue weighted by Crippen LogP contribution is 2.26. The van der Waals surface area contributed by atoms with E-state index in [1.807, 2.05) is 0 Å². The molecule has 0 spiro atoms. The first kappa shape index (κ1) is 16.7. The number of hydrogen-bond donors (Lipinski definition) is 1. The number of likely N-dealkylation sites (N-methyl/N-ethyl adjacent to an activating group) is 1. The second kappa shape index (κ2) is 7.18. The van der Waals surface area contributed by atoms with Crippen molar-refractivity contribution in [3.05, 3.63) is 0 Å². The van der Waals surface area contributed by atoms with Crippen molar-refractivity contribution in [2.24, 2.45) is 5.92 Å². The summed E-state index contributed by atoms with van der Waals surface area (Å²) in [6.07, 6.45) is -4.64. The molecule has 0 aliphatic carbocycles. The highest BCUT2D eigenvalue weighted by Gasteiger charge is 2.41. The average molecular weight is 267 g/mol. The van der Waals surface area contributed by atoms with Crippen molar-refractivity contribution in [1.82, 2.24) is 9.80 Å². The molecule has 1 atom stereocenters. The van der Waals surface area contributed by atoms with Crippen LogP contribution in [0.15, 0.2) is 0 Å². The van der Waals surface area contributed by atoms with Crippen LogP contribution >= 0.6 is 0 Å². The van der Waals surface area contributed by atoms with E-state index in [1.54, 1.807) is 19.0 Å². The van der Waals surface area contributed by atoms with Crippen molar-refractivity contribution in [2.75, 3.05) is 40.3 Å². The molecule has 0 aliphatic rings. The molecule has 0 amide bonds. The number of nitriles is 1. The van der Waals surface area contributed by atoms with Crippen LogP contribution < -0.4 is 0 Å². The molecule has 0 fully saturated rings. The highest BCUT2D eigenvalue weighted by molar-refractivity contribution is 5.69. The Bertz CT molecular complexity index is 312. The lowest BCUT2D eigenvalue weighted by Gasteiger charge is -2.25. The van der Waals surface area contributed by atoms with Crippen LogP contribution in [-0.2, 0) is 4.79 Å². The first-order valence-electron chi connectivity index (χ1n) is 5.22. The number of carboxylic acids is 1. The maximum Gasteiger partial charge on any atom is 0.405 e. The molecule has 0 aliphatic heterocycles. The van der Waals surface area contributed by atoms with E-state index in [4.69, 9.17) is 10.4 Å². The van der Waals surface area contributed by atoms with Gasteiger partial charge in [-0.05, 0) is 14.1 Å². The monoisotopic (exact) mass is 267 g/mol. The van der Waals surface area contributed by atoms with E-state index in [0.29, 0.717) is 6.54 Å². The summed E-state index contributed by atoms with van der Waals surface area (Å²) in [4.78, 5) is 13.4. The van der Waals surface area contributed by atoms with E-state index >= 15 is 0 Å². The second-order valence-electron chi connectivity index (χ2n) is 4.16. The molecule has 18 heavy (non-hydrogen) atoms. The van der Waals surface area contributed by atoms with Gasteiger partial charge in [-0.3, -0.25) is 9.69 Å². The Balaban J connectivity index is 4.56. The third-order valence-electron chi connectivity index (χ3n) is 2.21. The van der Waals surface area contributed by atoms with Gasteiger partial charge in [0.15, 0.2) is 5.92 Å². The molecule has 8 heteroatoms. The summed E-state index contributed by atoms with van der Waals surface area (Å²) in [5.74, 6) is -3.38. The van der Waals surface area contributed by atoms with E-state index in [1.165, 1.54) is 0 Å². The summed E-state index contributed by atoms with van der Waals surface area (Å²) < 4.78 is 37.2. The zero-order valence-corrected chi connectivity index (χ0v) is 10.2. The molecular formula is C10H16F3N3O2. The minimum absolute atomic E-state index is 0.160. The minimum Gasteiger partial charge on any atom is -0.480 e. The van der Waals surface area contributed by atoms with E-state index in [0.717, 1.165) is 11.0 Å². The van der Waals surface area contributed by atoms with Crippen LogP contribution in [-0.4, -0.2) is 67.3 Å². The molecule has 0 saturated heterocycles. The number of nitrogens with zero attached hydrogens (tertiary/aromatic N) is 3. The minimum atomic E-state index is -4.64. The van der Waals surface area contributed by atoms with Gasteiger partial charge >= 0.3 is 12.1 Å². The van der Waals surface area contributed by atoms with Gasteiger partial charge in [-0.15, -0.1) is 0 Å². The molecule has 0 saturated carbocycles. The molecule has 0 heterocycles. The molecule has 1 unspecified atom stereocenters. The zero-order valence-electron chi connectivity index (χ0n) is 10.2. The summed E-state index contributed by atoms with van der Waals surface area (Å²) >= 11 is 0. The first-order valence-corrected chi connectivity index (χ1v) is 5.22. The van der Waals surface area contributed by atoms with Gasteiger partial charge in [0.25, 0.3) is 0 Å². The Morgan fingerprint density at radius 2 is 1.94 bits per heavy atom. The lowest BCUT2D eigenvalue weighted by molar-refractivity contribution is -0.165. The van der Waals surface area contributed by atoms with Gasteiger partial charge in [-0.1, -0.05) is 0 Å². The molecule has 5 nitrogen and oxygen atoms in total. The van der Waals surface area contributed by atoms with Crippen LogP contribution in [0.1, 0.15) is 0 Å². The number of carbonyl (C=O) groups is 1. The smallest absolute Gasteiger partial charge is 0.405 e. The summed E-state index contributed by atoms with van der Waals surface area (Å²) in [5.41, 5.74) is 0. The van der Waals surface area contributed by atoms with Crippen molar-refractivity contribution in [1.29, 1.82) is 5.26 Å². The maximum atomic E-state index is 12.4. The van der Waals surface area contributed by atoms with Crippen LogP contribution in [0.4, 0.5) is 13.2 Å². The highest BCUT2D eigenvalue weighted by atomic mass is 19.4. The van der Waals surface area contributed by atoms with Crippen molar-refractivity contribution in [3.8, 4) is 6.07 Å². The van der Waals surface area contributed by atoms with Gasteiger partial charge in [-0.25, -0.2) is 0 Å². The van der Waals surface area contributed by atoms with Crippen molar-refractivity contribution < 1.29 is 23.1 Å². The fourth-order valence-electron chi connectivity index (χ4n) is 1.24. The van der Waals surface area contributed by atoms with E-state index in [9.17, 15) is 18.0 Å². The topological polar surface area (TPSA) is 67.6 Å². The fraction of sp³-hybridized carbons (Fsp3) is 0.800. The predicted molar refractivity (Wildman–Crippen MR) is 57.8 cm³/mol. The van der Waals surface area contributed by atoms with Crippen molar-refractivity contribution in [3.63, 3.8) is 0 Å². The normalized spacial score (nSPS) is 13.7. The number of rotatable bonds is 7. The lowest BCUT2D eigenvalue weighted by Crippen LogP contribution is -2.41. The third-order valence-corrected chi connectivity index (χ3v) is 2.21. The van der Waals surface area contributed by atoms with Crippen LogP contribution in [0, 0.1) is 17.2 Å². The number of carboxylic acid groups (broad SMARTS) is 1. The first-order chi connectivity index (χ1) is 8.16. The Kier molecular flexibility index (Phi) is 6.65. The molecule has 0 aromatic carbocycles. The Morgan fingerprint density at radius 1 is 1.39 bits per heavy atom. The van der Waals surface area contributed by atoms with E-state index < -0.39 is 31.2 Å². The molecular weight excluding hydrogens is 251 g/mol. The fourth-order valence-corrected chi connectivity index (χ4v) is 1.24. The van der Waals surface area contributed by atoms with Gasteiger partial charge in [0.05, 0.1) is 12.6 Å². The Morgan fingerprint density at radius 3 is 2.28 bits per heavy atom. The van der Waals surface area contributed by atoms with Crippen LogP contribution in [0.5, 0.6) is 0 Å². The standard InChI is InChI=1S/C10H16F3N3O2/c1-15(2)3-4-16(7-9(17)18)6-8(5-14)10(11,12)13/h8H,3-4,6-7H2,1-2H3,(H,17,18). The summed E-state index contributed by atoms with van der Waals surface area (Å²) in [6, 6.07) is 1.16. The molecule has 0 aromatic rings. The van der Waals surface area contributed by atoms with Gasteiger partial charge < -0.3 is 10.0 Å². The number of halogens is 3. The van der Waals surface area contributed by atoms with E-state index in [2.05, 4.69) is 0 Å². The van der Waals surface area contributed by atoms with Crippen LogP contribution in [0.2, 0.25) is 0 Å². The molecule has 1 N–H and O–H groups in total. The molecule has 0 bridgehead atoms. The zero-order chi connectivity index (χ0) is 14.3.